The van der Waals surface area contributed by atoms with Crippen molar-refractivity contribution >= 4 is 11.8 Å². The molecule has 3 atom stereocenters. The molecule has 0 saturated carbocycles. The second-order valence-corrected chi connectivity index (χ2v) is 6.19. The van der Waals surface area contributed by atoms with Crippen LogP contribution in [0.15, 0.2) is 0 Å². The summed E-state index contributed by atoms with van der Waals surface area (Å²) in [6.45, 7) is 3.13. The van der Waals surface area contributed by atoms with Crippen LogP contribution in [0.2, 0.25) is 0 Å². The largest absolute Gasteiger partial charge is 0.353 e. The van der Waals surface area contributed by atoms with E-state index in [4.69, 9.17) is 0 Å². The molecule has 106 valence electrons. The Balaban J connectivity index is 1.51. The lowest BCUT2D eigenvalue weighted by Gasteiger charge is -2.35. The molecule has 3 aliphatic rings. The molecule has 3 saturated heterocycles. The van der Waals surface area contributed by atoms with Crippen molar-refractivity contribution in [2.75, 3.05) is 13.1 Å². The Kier molecular flexibility index (Phi) is 3.48. The highest BCUT2D eigenvalue weighted by molar-refractivity contribution is 5.80. The maximum atomic E-state index is 12.5. The number of carbonyl (C=O) groups excluding carboxylic acids is 2. The molecule has 3 unspecified atom stereocenters. The number of nitrogens with one attached hydrogen (secondary N) is 2. The van der Waals surface area contributed by atoms with Crippen molar-refractivity contribution < 1.29 is 9.59 Å². The maximum absolute atomic E-state index is 12.5. The van der Waals surface area contributed by atoms with Crippen LogP contribution in [-0.4, -0.2) is 47.9 Å². The molecular formula is C14H23N3O2. The normalized spacial score (nSPS) is 34.6. The van der Waals surface area contributed by atoms with Crippen LogP contribution in [0.1, 0.15) is 39.0 Å². The summed E-state index contributed by atoms with van der Waals surface area (Å²) in [7, 11) is 0. The van der Waals surface area contributed by atoms with Gasteiger partial charge in [-0.1, -0.05) is 0 Å². The lowest BCUT2D eigenvalue weighted by atomic mass is 9.87. The minimum atomic E-state index is 0.0297. The number of rotatable bonds is 2. The highest BCUT2D eigenvalue weighted by atomic mass is 16.2. The van der Waals surface area contributed by atoms with E-state index in [0.29, 0.717) is 18.0 Å². The quantitative estimate of drug-likeness (QED) is 0.752. The van der Waals surface area contributed by atoms with Crippen LogP contribution in [0.5, 0.6) is 0 Å². The zero-order valence-electron chi connectivity index (χ0n) is 11.5. The van der Waals surface area contributed by atoms with Crippen LogP contribution in [0.25, 0.3) is 0 Å². The predicted molar refractivity (Wildman–Crippen MR) is 71.5 cm³/mol. The highest BCUT2D eigenvalue weighted by Crippen LogP contribution is 2.34. The summed E-state index contributed by atoms with van der Waals surface area (Å²) < 4.78 is 0. The molecule has 3 aliphatic heterocycles. The van der Waals surface area contributed by atoms with Crippen LogP contribution in [0.3, 0.4) is 0 Å². The van der Waals surface area contributed by atoms with Crippen molar-refractivity contribution in [2.45, 2.75) is 57.2 Å². The summed E-state index contributed by atoms with van der Waals surface area (Å²) in [6.07, 6.45) is 5.19. The second-order valence-electron chi connectivity index (χ2n) is 6.19. The number of likely N-dealkylation sites (tertiary alicyclic amines) is 1. The van der Waals surface area contributed by atoms with Gasteiger partial charge in [0.05, 0.1) is 5.92 Å². The summed E-state index contributed by atoms with van der Waals surface area (Å²) in [5.41, 5.74) is 0. The van der Waals surface area contributed by atoms with Crippen LogP contribution >= 0.6 is 0 Å². The molecule has 3 fully saturated rings. The van der Waals surface area contributed by atoms with E-state index >= 15 is 0 Å². The third-order valence-corrected chi connectivity index (χ3v) is 4.83. The number of hydrogen-bond acceptors (Lipinski definition) is 3. The lowest BCUT2D eigenvalue weighted by molar-refractivity contribution is -0.137. The third kappa shape index (κ3) is 2.61. The van der Waals surface area contributed by atoms with Gasteiger partial charge in [-0.05, 0) is 32.1 Å². The Hall–Kier alpha value is -1.10. The fourth-order valence-electron chi connectivity index (χ4n) is 3.86. The monoisotopic (exact) mass is 265 g/mol. The predicted octanol–water partition coefficient (Wildman–Crippen LogP) is 0.254. The van der Waals surface area contributed by atoms with Gasteiger partial charge in [0.15, 0.2) is 0 Å². The van der Waals surface area contributed by atoms with E-state index in [1.54, 1.807) is 6.92 Å². The van der Waals surface area contributed by atoms with Gasteiger partial charge in [-0.3, -0.25) is 9.59 Å². The Morgan fingerprint density at radius 3 is 2.42 bits per heavy atom. The average molecular weight is 265 g/mol. The number of amides is 2. The molecule has 0 spiro atoms. The molecule has 0 aromatic rings. The minimum absolute atomic E-state index is 0.0297. The van der Waals surface area contributed by atoms with E-state index in [1.165, 1.54) is 6.42 Å². The van der Waals surface area contributed by atoms with Crippen molar-refractivity contribution in [1.29, 1.82) is 0 Å². The smallest absolute Gasteiger partial charge is 0.227 e. The van der Waals surface area contributed by atoms with Crippen LogP contribution < -0.4 is 10.6 Å². The first-order valence-corrected chi connectivity index (χ1v) is 7.45. The van der Waals surface area contributed by atoms with E-state index in [1.807, 2.05) is 4.90 Å². The maximum Gasteiger partial charge on any atom is 0.227 e. The van der Waals surface area contributed by atoms with Crippen molar-refractivity contribution in [3.63, 3.8) is 0 Å². The molecule has 2 N–H and O–H groups in total. The summed E-state index contributed by atoms with van der Waals surface area (Å²) in [5.74, 6) is 0.569. The molecule has 5 nitrogen and oxygen atoms in total. The standard InChI is InChI=1S/C14H23N3O2/c1-9(18)15-10-4-6-17(7-5-10)14(19)12-8-11-2-3-13(12)16-11/h10-13,16H,2-8H2,1H3,(H,15,18). The topological polar surface area (TPSA) is 61.4 Å². The van der Waals surface area contributed by atoms with Gasteiger partial charge in [-0.25, -0.2) is 0 Å². The van der Waals surface area contributed by atoms with Crippen molar-refractivity contribution in [2.24, 2.45) is 5.92 Å². The van der Waals surface area contributed by atoms with E-state index in [9.17, 15) is 9.59 Å². The van der Waals surface area contributed by atoms with Crippen molar-refractivity contribution in [3.8, 4) is 0 Å². The molecule has 2 amide bonds. The van der Waals surface area contributed by atoms with Gasteiger partial charge in [-0.2, -0.15) is 0 Å². The molecule has 19 heavy (non-hydrogen) atoms. The summed E-state index contributed by atoms with van der Waals surface area (Å²) in [4.78, 5) is 25.5. The fraction of sp³-hybridized carbons (Fsp3) is 0.857. The molecule has 0 aromatic carbocycles. The zero-order valence-corrected chi connectivity index (χ0v) is 11.5. The van der Waals surface area contributed by atoms with Gasteiger partial charge in [0.2, 0.25) is 11.8 Å². The van der Waals surface area contributed by atoms with E-state index in [2.05, 4.69) is 10.6 Å². The SMILES string of the molecule is CC(=O)NC1CCN(C(=O)C2CC3CCC2N3)CC1. The van der Waals surface area contributed by atoms with Gasteiger partial charge in [0, 0.05) is 38.1 Å². The molecular weight excluding hydrogens is 242 g/mol. The highest BCUT2D eigenvalue weighted by Gasteiger charge is 2.44. The van der Waals surface area contributed by atoms with E-state index in [0.717, 1.165) is 38.8 Å². The minimum Gasteiger partial charge on any atom is -0.353 e. The summed E-state index contributed by atoms with van der Waals surface area (Å²) >= 11 is 0. The van der Waals surface area contributed by atoms with Gasteiger partial charge >= 0.3 is 0 Å². The fourth-order valence-corrected chi connectivity index (χ4v) is 3.86. The van der Waals surface area contributed by atoms with Crippen LogP contribution in [0, 0.1) is 5.92 Å². The molecule has 5 heteroatoms. The Morgan fingerprint density at radius 1 is 1.16 bits per heavy atom. The van der Waals surface area contributed by atoms with Crippen LogP contribution in [-0.2, 0) is 9.59 Å². The van der Waals surface area contributed by atoms with E-state index < -0.39 is 0 Å². The van der Waals surface area contributed by atoms with Gasteiger partial charge in [0.1, 0.15) is 0 Å². The lowest BCUT2D eigenvalue weighted by Crippen LogP contribution is -2.49. The van der Waals surface area contributed by atoms with Crippen LogP contribution in [0.4, 0.5) is 0 Å². The second kappa shape index (κ2) is 5.12. The van der Waals surface area contributed by atoms with Gasteiger partial charge in [0.25, 0.3) is 0 Å². The first-order chi connectivity index (χ1) is 9.13. The van der Waals surface area contributed by atoms with Crippen molar-refractivity contribution in [3.05, 3.63) is 0 Å². The molecule has 2 bridgehead atoms. The summed E-state index contributed by atoms with van der Waals surface area (Å²) in [5, 5.41) is 6.48. The van der Waals surface area contributed by atoms with Crippen molar-refractivity contribution in [1.82, 2.24) is 15.5 Å². The number of carbonyl (C=O) groups is 2. The number of piperidine rings is 1. The number of hydrogen-bond donors (Lipinski definition) is 2. The summed E-state index contributed by atoms with van der Waals surface area (Å²) in [6, 6.07) is 1.25. The average Bonchev–Trinajstić information content (AvgIpc) is 3.00. The molecule has 0 aliphatic carbocycles. The Bertz CT molecular complexity index is 377. The van der Waals surface area contributed by atoms with E-state index in [-0.39, 0.29) is 17.9 Å². The first-order valence-electron chi connectivity index (χ1n) is 7.45. The van der Waals surface area contributed by atoms with Gasteiger partial charge < -0.3 is 15.5 Å². The Labute approximate surface area is 114 Å². The molecule has 3 heterocycles. The molecule has 0 radical (unpaired) electrons. The molecule has 3 rings (SSSR count). The third-order valence-electron chi connectivity index (χ3n) is 4.83. The first kappa shape index (κ1) is 12.9. The molecule has 0 aromatic heterocycles. The number of fused-ring (bicyclic) bond motifs is 2. The Morgan fingerprint density at radius 2 is 1.89 bits per heavy atom. The van der Waals surface area contributed by atoms with Gasteiger partial charge in [-0.15, -0.1) is 0 Å². The zero-order chi connectivity index (χ0) is 13.4. The number of nitrogens with zero attached hydrogens (tertiary/aromatic N) is 1.